The van der Waals surface area contributed by atoms with Crippen LogP contribution in [0.4, 0.5) is 5.69 Å². The third-order valence-electron chi connectivity index (χ3n) is 2.48. The Hall–Kier alpha value is -1.99. The van der Waals surface area contributed by atoms with E-state index in [-0.39, 0.29) is 16.9 Å². The van der Waals surface area contributed by atoms with Gasteiger partial charge in [0.15, 0.2) is 5.11 Å². The van der Waals surface area contributed by atoms with Gasteiger partial charge in [-0.05, 0) is 36.8 Å². The van der Waals surface area contributed by atoms with Crippen LogP contribution in [-0.4, -0.2) is 37.2 Å². The normalized spacial score (nSPS) is 9.81. The molecule has 0 radical (unpaired) electrons. The van der Waals surface area contributed by atoms with E-state index < -0.39 is 0 Å². The van der Waals surface area contributed by atoms with Crippen molar-refractivity contribution in [1.29, 1.82) is 0 Å². The number of hydrogen-bond donors (Lipinski definition) is 3. The summed E-state index contributed by atoms with van der Waals surface area (Å²) in [6.45, 7) is 2.53. The maximum Gasteiger partial charge on any atom is 0.251 e. The minimum Gasteiger partial charge on any atom is -0.385 e. The summed E-state index contributed by atoms with van der Waals surface area (Å²) in [5.74, 6) is -0.417. The summed E-state index contributed by atoms with van der Waals surface area (Å²) in [5, 5.41) is 8.29. The number of carbonyl (C=O) groups is 2. The summed E-state index contributed by atoms with van der Waals surface area (Å²) in [4.78, 5) is 22.8. The average molecular weight is 309 g/mol. The Morgan fingerprint density at radius 2 is 2.10 bits per heavy atom. The van der Waals surface area contributed by atoms with Crippen LogP contribution in [0, 0.1) is 0 Å². The quantitative estimate of drug-likeness (QED) is 0.545. The molecule has 0 bridgehead atoms. The van der Waals surface area contributed by atoms with E-state index in [9.17, 15) is 9.59 Å². The molecule has 1 aromatic carbocycles. The van der Waals surface area contributed by atoms with E-state index in [1.54, 1.807) is 31.4 Å². The average Bonchev–Trinajstić information content (AvgIpc) is 2.42. The number of benzene rings is 1. The molecule has 3 N–H and O–H groups in total. The zero-order chi connectivity index (χ0) is 15.7. The van der Waals surface area contributed by atoms with Crippen molar-refractivity contribution in [3.05, 3.63) is 29.8 Å². The number of anilines is 1. The number of nitrogens with one attached hydrogen (secondary N) is 3. The lowest BCUT2D eigenvalue weighted by Gasteiger charge is -2.10. The van der Waals surface area contributed by atoms with E-state index >= 15 is 0 Å². The van der Waals surface area contributed by atoms with Gasteiger partial charge >= 0.3 is 0 Å². The highest BCUT2D eigenvalue weighted by Crippen LogP contribution is 2.10. The molecule has 1 rings (SSSR count). The fraction of sp³-hybridized carbons (Fsp3) is 0.357. The Bertz CT molecular complexity index is 520. The minimum atomic E-state index is -0.250. The van der Waals surface area contributed by atoms with Gasteiger partial charge in [0, 0.05) is 38.4 Å². The van der Waals surface area contributed by atoms with Gasteiger partial charge in [-0.25, -0.2) is 0 Å². The molecule has 0 aromatic heterocycles. The van der Waals surface area contributed by atoms with Gasteiger partial charge in [0.25, 0.3) is 5.91 Å². The van der Waals surface area contributed by atoms with Crippen molar-refractivity contribution >= 4 is 34.8 Å². The molecule has 7 heteroatoms. The van der Waals surface area contributed by atoms with Crippen molar-refractivity contribution in [2.45, 2.75) is 13.3 Å². The second-order valence-electron chi connectivity index (χ2n) is 4.32. The third kappa shape index (κ3) is 6.82. The highest BCUT2D eigenvalue weighted by atomic mass is 32.1. The molecule has 0 fully saturated rings. The maximum atomic E-state index is 11.9. The van der Waals surface area contributed by atoms with Gasteiger partial charge in [-0.2, -0.15) is 0 Å². The van der Waals surface area contributed by atoms with Gasteiger partial charge in [-0.1, -0.05) is 6.07 Å². The Kier molecular flexibility index (Phi) is 7.34. The summed E-state index contributed by atoms with van der Waals surface area (Å²) < 4.78 is 4.91. The van der Waals surface area contributed by atoms with Crippen LogP contribution in [0.2, 0.25) is 0 Å². The zero-order valence-corrected chi connectivity index (χ0v) is 12.9. The van der Waals surface area contributed by atoms with Crippen LogP contribution in [0.1, 0.15) is 23.7 Å². The standard InChI is InChI=1S/C14H19N3O3S/c1-10(18)16-14(21)17-12-6-3-5-11(9-12)13(19)15-7-4-8-20-2/h3,5-6,9H,4,7-8H2,1-2H3,(H,15,19)(H2,16,17,18,21). The summed E-state index contributed by atoms with van der Waals surface area (Å²) in [6.07, 6.45) is 0.757. The fourth-order valence-corrected chi connectivity index (χ4v) is 1.84. The lowest BCUT2D eigenvalue weighted by atomic mass is 10.2. The van der Waals surface area contributed by atoms with E-state index in [4.69, 9.17) is 17.0 Å². The van der Waals surface area contributed by atoms with Crippen molar-refractivity contribution in [3.63, 3.8) is 0 Å². The molecule has 0 saturated heterocycles. The smallest absolute Gasteiger partial charge is 0.251 e. The summed E-state index contributed by atoms with van der Waals surface area (Å²) in [6, 6.07) is 6.87. The monoisotopic (exact) mass is 309 g/mol. The lowest BCUT2D eigenvalue weighted by molar-refractivity contribution is -0.117. The van der Waals surface area contributed by atoms with Crippen molar-refractivity contribution in [2.75, 3.05) is 25.6 Å². The Morgan fingerprint density at radius 3 is 2.76 bits per heavy atom. The van der Waals surface area contributed by atoms with E-state index in [1.807, 2.05) is 0 Å². The molecule has 6 nitrogen and oxygen atoms in total. The van der Waals surface area contributed by atoms with Crippen molar-refractivity contribution in [3.8, 4) is 0 Å². The third-order valence-corrected chi connectivity index (χ3v) is 2.69. The van der Waals surface area contributed by atoms with Gasteiger partial charge in [-0.3, -0.25) is 9.59 Å². The largest absolute Gasteiger partial charge is 0.385 e. The molecular formula is C14H19N3O3S. The van der Waals surface area contributed by atoms with Crippen molar-refractivity contribution in [2.24, 2.45) is 0 Å². The molecule has 1 aromatic rings. The Morgan fingerprint density at radius 1 is 1.33 bits per heavy atom. The topological polar surface area (TPSA) is 79.5 Å². The molecule has 2 amide bonds. The number of hydrogen-bond acceptors (Lipinski definition) is 4. The fourth-order valence-electron chi connectivity index (χ4n) is 1.58. The first-order valence-corrected chi connectivity index (χ1v) is 6.89. The van der Waals surface area contributed by atoms with Crippen LogP contribution in [0.3, 0.4) is 0 Å². The van der Waals surface area contributed by atoms with Gasteiger partial charge < -0.3 is 20.7 Å². The van der Waals surface area contributed by atoms with Crippen molar-refractivity contribution in [1.82, 2.24) is 10.6 Å². The molecule has 0 unspecified atom stereocenters. The van der Waals surface area contributed by atoms with E-state index in [1.165, 1.54) is 6.92 Å². The molecule has 0 aliphatic carbocycles. The van der Waals surface area contributed by atoms with Crippen LogP contribution in [0.15, 0.2) is 24.3 Å². The zero-order valence-electron chi connectivity index (χ0n) is 12.1. The SMILES string of the molecule is COCCCNC(=O)c1cccc(NC(=S)NC(C)=O)c1. The van der Waals surface area contributed by atoms with E-state index in [0.29, 0.717) is 24.4 Å². The van der Waals surface area contributed by atoms with E-state index in [0.717, 1.165) is 6.42 Å². The first kappa shape index (κ1) is 17.1. The van der Waals surface area contributed by atoms with Crippen LogP contribution >= 0.6 is 12.2 Å². The number of carbonyl (C=O) groups excluding carboxylic acids is 2. The van der Waals surface area contributed by atoms with Crippen molar-refractivity contribution < 1.29 is 14.3 Å². The van der Waals surface area contributed by atoms with Gasteiger partial charge in [0.05, 0.1) is 0 Å². The molecule has 21 heavy (non-hydrogen) atoms. The second kappa shape index (κ2) is 9.04. The molecular weight excluding hydrogens is 290 g/mol. The molecule has 0 saturated carbocycles. The predicted molar refractivity (Wildman–Crippen MR) is 85.3 cm³/mol. The van der Waals surface area contributed by atoms with Crippen LogP contribution in [-0.2, 0) is 9.53 Å². The molecule has 114 valence electrons. The molecule has 0 spiro atoms. The molecule has 0 aliphatic rings. The number of amides is 2. The lowest BCUT2D eigenvalue weighted by Crippen LogP contribution is -2.32. The number of methoxy groups -OCH3 is 1. The van der Waals surface area contributed by atoms with Crippen LogP contribution < -0.4 is 16.0 Å². The van der Waals surface area contributed by atoms with E-state index in [2.05, 4.69) is 16.0 Å². The van der Waals surface area contributed by atoms with Crippen LogP contribution in [0.25, 0.3) is 0 Å². The summed E-state index contributed by atoms with van der Waals surface area (Å²) in [7, 11) is 1.62. The molecule has 0 aliphatic heterocycles. The number of rotatable bonds is 6. The Balaban J connectivity index is 2.57. The van der Waals surface area contributed by atoms with Crippen LogP contribution in [0.5, 0.6) is 0 Å². The Labute approximate surface area is 129 Å². The minimum absolute atomic E-state index is 0.166. The maximum absolute atomic E-state index is 11.9. The first-order valence-electron chi connectivity index (χ1n) is 6.48. The van der Waals surface area contributed by atoms with Gasteiger partial charge in [-0.15, -0.1) is 0 Å². The van der Waals surface area contributed by atoms with Gasteiger partial charge in [0.2, 0.25) is 5.91 Å². The summed E-state index contributed by atoms with van der Waals surface area (Å²) in [5.41, 5.74) is 1.15. The predicted octanol–water partition coefficient (Wildman–Crippen LogP) is 1.29. The first-order chi connectivity index (χ1) is 10.0. The second-order valence-corrected chi connectivity index (χ2v) is 4.73. The molecule has 0 atom stereocenters. The highest BCUT2D eigenvalue weighted by molar-refractivity contribution is 7.80. The van der Waals surface area contributed by atoms with Gasteiger partial charge in [0.1, 0.15) is 0 Å². The number of ether oxygens (including phenoxy) is 1. The molecule has 0 heterocycles. The highest BCUT2D eigenvalue weighted by Gasteiger charge is 2.06. The summed E-state index contributed by atoms with van der Waals surface area (Å²) >= 11 is 4.96. The number of thiocarbonyl (C=S) groups is 1.